The van der Waals surface area contributed by atoms with Crippen molar-refractivity contribution in [3.8, 4) is 0 Å². The van der Waals surface area contributed by atoms with Crippen LogP contribution in [-0.4, -0.2) is 35.7 Å². The molecule has 146 valence electrons. The summed E-state index contributed by atoms with van der Waals surface area (Å²) >= 11 is 0. The van der Waals surface area contributed by atoms with Crippen LogP contribution in [0.5, 0.6) is 0 Å². The summed E-state index contributed by atoms with van der Waals surface area (Å²) in [4.78, 5) is 24.0. The van der Waals surface area contributed by atoms with Crippen molar-refractivity contribution < 1.29 is 27.5 Å². The van der Waals surface area contributed by atoms with Gasteiger partial charge in [0, 0.05) is 6.42 Å². The number of hydrogen-bond acceptors (Lipinski definition) is 4. The molecular formula is C20H17F3N2O3. The van der Waals surface area contributed by atoms with Gasteiger partial charge < -0.3 is 4.74 Å². The third-order valence-electron chi connectivity index (χ3n) is 4.16. The third kappa shape index (κ3) is 4.97. The van der Waals surface area contributed by atoms with E-state index in [1.165, 1.54) is 17.1 Å². The third-order valence-corrected chi connectivity index (χ3v) is 4.16. The highest BCUT2D eigenvalue weighted by Gasteiger charge is 2.30. The first-order valence-corrected chi connectivity index (χ1v) is 8.58. The number of carbonyl (C=O) groups is 2. The minimum absolute atomic E-state index is 0.165. The molecule has 0 N–H and O–H groups in total. The molecule has 1 heterocycles. The van der Waals surface area contributed by atoms with E-state index in [2.05, 4.69) is 5.10 Å². The number of alkyl halides is 3. The predicted molar refractivity (Wildman–Crippen MR) is 95.4 cm³/mol. The Balaban J connectivity index is 1.52. The Kier molecular flexibility index (Phi) is 5.77. The van der Waals surface area contributed by atoms with Gasteiger partial charge in [-0.25, -0.2) is 5.01 Å². The second kappa shape index (κ2) is 8.24. The number of hydrogen-bond donors (Lipinski definition) is 0. The fourth-order valence-corrected chi connectivity index (χ4v) is 2.76. The normalized spacial score (nSPS) is 14.0. The summed E-state index contributed by atoms with van der Waals surface area (Å²) in [5, 5.41) is 5.48. The van der Waals surface area contributed by atoms with Gasteiger partial charge in [0.15, 0.2) is 6.61 Å². The van der Waals surface area contributed by atoms with E-state index in [1.807, 2.05) is 30.3 Å². The van der Waals surface area contributed by atoms with Crippen molar-refractivity contribution in [3.05, 3.63) is 71.3 Å². The van der Waals surface area contributed by atoms with Crippen LogP contribution < -0.4 is 0 Å². The van der Waals surface area contributed by atoms with Crippen molar-refractivity contribution >= 4 is 17.6 Å². The van der Waals surface area contributed by atoms with Crippen LogP contribution in [0.1, 0.15) is 23.1 Å². The standard InChI is InChI=1S/C20H17F3N2O3/c21-20(22,23)16-8-4-5-14(11-16)12-19(27)28-13-18(26)25-10-9-17(24-25)15-6-2-1-3-7-15/h1-8,11H,9-10,12-13H2. The minimum Gasteiger partial charge on any atom is -0.455 e. The van der Waals surface area contributed by atoms with E-state index >= 15 is 0 Å². The number of amides is 1. The molecule has 1 aliphatic rings. The molecule has 1 amide bonds. The second-order valence-electron chi connectivity index (χ2n) is 6.22. The SMILES string of the molecule is O=C(Cc1cccc(C(F)(F)F)c1)OCC(=O)N1CCC(c2ccccc2)=N1. The molecule has 0 atom stereocenters. The number of esters is 1. The van der Waals surface area contributed by atoms with E-state index in [0.717, 1.165) is 23.4 Å². The summed E-state index contributed by atoms with van der Waals surface area (Å²) in [5.41, 5.74) is 1.01. The van der Waals surface area contributed by atoms with Crippen LogP contribution in [0.3, 0.4) is 0 Å². The zero-order valence-corrected chi connectivity index (χ0v) is 14.8. The molecule has 0 saturated carbocycles. The largest absolute Gasteiger partial charge is 0.455 e. The molecule has 28 heavy (non-hydrogen) atoms. The number of benzene rings is 2. The Labute approximate surface area is 159 Å². The summed E-state index contributed by atoms with van der Waals surface area (Å²) in [5.74, 6) is -1.26. The first-order chi connectivity index (χ1) is 13.3. The summed E-state index contributed by atoms with van der Waals surface area (Å²) in [6.45, 7) is -0.127. The first-order valence-electron chi connectivity index (χ1n) is 8.58. The van der Waals surface area contributed by atoms with Gasteiger partial charge >= 0.3 is 12.1 Å². The molecule has 0 unspecified atom stereocenters. The molecule has 3 rings (SSSR count). The number of rotatable bonds is 5. The Morgan fingerprint density at radius 2 is 1.82 bits per heavy atom. The van der Waals surface area contributed by atoms with Gasteiger partial charge in [-0.3, -0.25) is 9.59 Å². The second-order valence-corrected chi connectivity index (χ2v) is 6.22. The van der Waals surface area contributed by atoms with Crippen molar-refractivity contribution in [2.24, 2.45) is 5.10 Å². The van der Waals surface area contributed by atoms with Gasteiger partial charge in [0.25, 0.3) is 5.91 Å². The monoisotopic (exact) mass is 390 g/mol. The average molecular weight is 390 g/mol. The highest BCUT2D eigenvalue weighted by Crippen LogP contribution is 2.29. The molecule has 1 aliphatic heterocycles. The van der Waals surface area contributed by atoms with Gasteiger partial charge in [-0.15, -0.1) is 0 Å². The molecule has 2 aromatic carbocycles. The Hall–Kier alpha value is -3.16. The van der Waals surface area contributed by atoms with Gasteiger partial charge in [0.2, 0.25) is 0 Å². The molecule has 0 aliphatic carbocycles. The van der Waals surface area contributed by atoms with Gasteiger partial charge in [-0.05, 0) is 17.2 Å². The van der Waals surface area contributed by atoms with Gasteiger partial charge in [-0.2, -0.15) is 18.3 Å². The fourth-order valence-electron chi connectivity index (χ4n) is 2.76. The molecule has 8 heteroatoms. The first kappa shape index (κ1) is 19.6. The molecule has 0 bridgehead atoms. The number of halogens is 3. The van der Waals surface area contributed by atoms with E-state index < -0.39 is 30.2 Å². The van der Waals surface area contributed by atoms with Crippen molar-refractivity contribution in [1.29, 1.82) is 0 Å². The summed E-state index contributed by atoms with van der Waals surface area (Å²) < 4.78 is 43.0. The van der Waals surface area contributed by atoms with Crippen molar-refractivity contribution in [2.75, 3.05) is 13.2 Å². The van der Waals surface area contributed by atoms with E-state index in [-0.39, 0.29) is 12.0 Å². The Morgan fingerprint density at radius 1 is 1.07 bits per heavy atom. The lowest BCUT2D eigenvalue weighted by molar-refractivity contribution is -0.151. The van der Waals surface area contributed by atoms with Gasteiger partial charge in [0.05, 0.1) is 24.2 Å². The quantitative estimate of drug-likeness (QED) is 0.735. The predicted octanol–water partition coefficient (Wildman–Crippen LogP) is 3.43. The average Bonchev–Trinajstić information content (AvgIpc) is 3.17. The maximum atomic E-state index is 12.7. The van der Waals surface area contributed by atoms with Crippen LogP contribution in [0.4, 0.5) is 13.2 Å². The molecule has 2 aromatic rings. The molecule has 0 saturated heterocycles. The van der Waals surface area contributed by atoms with Crippen LogP contribution in [0, 0.1) is 0 Å². The number of carbonyl (C=O) groups excluding carboxylic acids is 2. The summed E-state index contributed by atoms with van der Waals surface area (Å²) in [6.07, 6.45) is -4.25. The topological polar surface area (TPSA) is 59.0 Å². The zero-order chi connectivity index (χ0) is 20.1. The Bertz CT molecular complexity index is 895. The summed E-state index contributed by atoms with van der Waals surface area (Å²) in [7, 11) is 0. The van der Waals surface area contributed by atoms with Crippen LogP contribution in [0.15, 0.2) is 59.7 Å². The fraction of sp³-hybridized carbons (Fsp3) is 0.250. The molecule has 0 aromatic heterocycles. The highest BCUT2D eigenvalue weighted by molar-refractivity contribution is 6.02. The van der Waals surface area contributed by atoms with Crippen LogP contribution in [0.25, 0.3) is 0 Å². The van der Waals surface area contributed by atoms with E-state index in [9.17, 15) is 22.8 Å². The maximum absolute atomic E-state index is 12.7. The minimum atomic E-state index is -4.49. The van der Waals surface area contributed by atoms with Gasteiger partial charge in [-0.1, -0.05) is 48.5 Å². The summed E-state index contributed by atoms with van der Waals surface area (Å²) in [6, 6.07) is 13.8. The molecular weight excluding hydrogens is 373 g/mol. The lowest BCUT2D eigenvalue weighted by atomic mass is 10.1. The lowest BCUT2D eigenvalue weighted by Crippen LogP contribution is -2.29. The molecule has 5 nitrogen and oxygen atoms in total. The zero-order valence-electron chi connectivity index (χ0n) is 14.8. The van der Waals surface area contributed by atoms with Crippen molar-refractivity contribution in [3.63, 3.8) is 0 Å². The smallest absolute Gasteiger partial charge is 0.416 e. The van der Waals surface area contributed by atoms with E-state index in [4.69, 9.17) is 4.74 Å². The van der Waals surface area contributed by atoms with E-state index in [1.54, 1.807) is 0 Å². The van der Waals surface area contributed by atoms with Gasteiger partial charge in [0.1, 0.15) is 0 Å². The van der Waals surface area contributed by atoms with Crippen molar-refractivity contribution in [1.82, 2.24) is 5.01 Å². The number of nitrogens with zero attached hydrogens (tertiary/aromatic N) is 2. The lowest BCUT2D eigenvalue weighted by Gasteiger charge is -2.12. The Morgan fingerprint density at radius 3 is 2.54 bits per heavy atom. The maximum Gasteiger partial charge on any atom is 0.416 e. The van der Waals surface area contributed by atoms with Crippen LogP contribution in [-0.2, 0) is 26.9 Å². The van der Waals surface area contributed by atoms with Crippen molar-refractivity contribution in [2.45, 2.75) is 19.0 Å². The van der Waals surface area contributed by atoms with Crippen LogP contribution >= 0.6 is 0 Å². The highest BCUT2D eigenvalue weighted by atomic mass is 19.4. The van der Waals surface area contributed by atoms with Crippen LogP contribution in [0.2, 0.25) is 0 Å². The number of hydrazone groups is 1. The molecule has 0 spiro atoms. The number of ether oxygens (including phenoxy) is 1. The molecule has 0 radical (unpaired) electrons. The van der Waals surface area contributed by atoms with E-state index in [0.29, 0.717) is 13.0 Å². The molecule has 0 fully saturated rings.